The lowest BCUT2D eigenvalue weighted by molar-refractivity contribution is 0.404. The van der Waals surface area contributed by atoms with Gasteiger partial charge in [0.05, 0.1) is 0 Å². The summed E-state index contributed by atoms with van der Waals surface area (Å²) in [5.74, 6) is 0. The molecule has 0 nitrogen and oxygen atoms in total. The highest BCUT2D eigenvalue weighted by molar-refractivity contribution is 5.36. The molecule has 0 aliphatic carbocycles. The second-order valence-electron chi connectivity index (χ2n) is 8.94. The summed E-state index contributed by atoms with van der Waals surface area (Å²) in [4.78, 5) is 0. The van der Waals surface area contributed by atoms with Crippen LogP contribution in [0.5, 0.6) is 0 Å². The molecule has 0 heterocycles. The van der Waals surface area contributed by atoms with Gasteiger partial charge in [0.1, 0.15) is 0 Å². The summed E-state index contributed by atoms with van der Waals surface area (Å²) < 4.78 is 0. The standard InChI is InChI=1S/C11H16.C9H18.C8H16/c1-5-11-7-9(3)8(2)6-10(11)4;1-6-7-9(4,5)8(2)3;1-5-8(6-2)7(3)4/h6-7H,5H2,1-4H3;2,6-7H2,1,3-5H3;5-6H2,1-4H3. The molecule has 0 saturated heterocycles. The summed E-state index contributed by atoms with van der Waals surface area (Å²) in [5.41, 5.74) is 10.5. The van der Waals surface area contributed by atoms with Gasteiger partial charge >= 0.3 is 0 Å². The first-order valence-electron chi connectivity index (χ1n) is 11.3. The molecule has 0 aromatic heterocycles. The third-order valence-electron chi connectivity index (χ3n) is 5.92. The lowest BCUT2D eigenvalue weighted by Gasteiger charge is -2.23. The first-order valence-corrected chi connectivity index (χ1v) is 11.3. The fourth-order valence-electron chi connectivity index (χ4n) is 3.20. The van der Waals surface area contributed by atoms with Crippen molar-refractivity contribution in [3.05, 3.63) is 57.7 Å². The number of rotatable bonds is 6. The smallest absolute Gasteiger partial charge is 0.0150 e. The summed E-state index contributed by atoms with van der Waals surface area (Å²) in [6.07, 6.45) is 6.09. The maximum atomic E-state index is 3.95. The number of hydrogen-bond acceptors (Lipinski definition) is 0. The Kier molecular flexibility index (Phi) is 15.1. The number of aryl methyl sites for hydroxylation is 4. The predicted molar refractivity (Wildman–Crippen MR) is 132 cm³/mol. The number of allylic oxidation sites excluding steroid dienone is 3. The van der Waals surface area contributed by atoms with E-state index in [0.717, 1.165) is 6.42 Å². The molecule has 0 aliphatic rings. The van der Waals surface area contributed by atoms with Gasteiger partial charge in [0, 0.05) is 0 Å². The van der Waals surface area contributed by atoms with Crippen molar-refractivity contribution >= 4 is 0 Å². The Bertz CT molecular complexity index is 601. The molecule has 0 N–H and O–H groups in total. The monoisotopic (exact) mass is 386 g/mol. The Morgan fingerprint density at radius 1 is 0.821 bits per heavy atom. The second kappa shape index (κ2) is 14.7. The molecule has 0 radical (unpaired) electrons. The minimum atomic E-state index is 0.356. The molecular formula is C28H50. The van der Waals surface area contributed by atoms with Crippen LogP contribution >= 0.6 is 0 Å². The molecule has 0 heteroatoms. The van der Waals surface area contributed by atoms with Crippen LogP contribution < -0.4 is 0 Å². The molecule has 0 bridgehead atoms. The van der Waals surface area contributed by atoms with Crippen LogP contribution in [-0.2, 0) is 6.42 Å². The third kappa shape index (κ3) is 11.5. The van der Waals surface area contributed by atoms with Gasteiger partial charge in [-0.3, -0.25) is 0 Å². The van der Waals surface area contributed by atoms with Gasteiger partial charge in [-0.2, -0.15) is 0 Å². The van der Waals surface area contributed by atoms with E-state index in [-0.39, 0.29) is 0 Å². The van der Waals surface area contributed by atoms with Gasteiger partial charge < -0.3 is 0 Å². The molecule has 162 valence electrons. The molecule has 0 amide bonds. The van der Waals surface area contributed by atoms with Crippen molar-refractivity contribution in [1.29, 1.82) is 0 Å². The Balaban J connectivity index is 0. The van der Waals surface area contributed by atoms with E-state index >= 15 is 0 Å². The normalized spacial score (nSPS) is 10.3. The van der Waals surface area contributed by atoms with Gasteiger partial charge in [0.15, 0.2) is 0 Å². The summed E-state index contributed by atoms with van der Waals surface area (Å²) in [6, 6.07) is 4.57. The van der Waals surface area contributed by atoms with E-state index < -0.39 is 0 Å². The summed E-state index contributed by atoms with van der Waals surface area (Å²) in [6.45, 7) is 30.3. The predicted octanol–water partition coefficient (Wildman–Crippen LogP) is 9.71. The maximum Gasteiger partial charge on any atom is -0.0150 e. The highest BCUT2D eigenvalue weighted by Gasteiger charge is 2.16. The number of benzene rings is 1. The van der Waals surface area contributed by atoms with Gasteiger partial charge in [-0.1, -0.05) is 83.4 Å². The zero-order chi connectivity index (χ0) is 22.5. The molecule has 1 aromatic rings. The molecule has 28 heavy (non-hydrogen) atoms. The minimum Gasteiger partial charge on any atom is -0.0996 e. The zero-order valence-corrected chi connectivity index (χ0v) is 21.4. The molecule has 0 aliphatic heterocycles. The molecular weight excluding hydrogens is 336 g/mol. The fourth-order valence-corrected chi connectivity index (χ4v) is 3.20. The fraction of sp³-hybridized carbons (Fsp3) is 0.643. The summed E-state index contributed by atoms with van der Waals surface area (Å²) in [5, 5.41) is 0. The van der Waals surface area contributed by atoms with Crippen LogP contribution in [0, 0.1) is 26.2 Å². The molecule has 0 fully saturated rings. The Morgan fingerprint density at radius 2 is 1.29 bits per heavy atom. The van der Waals surface area contributed by atoms with E-state index in [0.29, 0.717) is 5.41 Å². The van der Waals surface area contributed by atoms with Crippen molar-refractivity contribution in [2.24, 2.45) is 5.41 Å². The zero-order valence-electron chi connectivity index (χ0n) is 21.4. The van der Waals surface area contributed by atoms with Crippen LogP contribution in [-0.4, -0.2) is 0 Å². The lowest BCUT2D eigenvalue weighted by atomic mass is 9.82. The van der Waals surface area contributed by atoms with Gasteiger partial charge in [-0.05, 0) is 94.9 Å². The van der Waals surface area contributed by atoms with Crippen LogP contribution in [0.3, 0.4) is 0 Å². The number of hydrogen-bond donors (Lipinski definition) is 0. The Morgan fingerprint density at radius 3 is 1.54 bits per heavy atom. The van der Waals surface area contributed by atoms with Crippen molar-refractivity contribution < 1.29 is 0 Å². The summed E-state index contributed by atoms with van der Waals surface area (Å²) in [7, 11) is 0. The van der Waals surface area contributed by atoms with Crippen molar-refractivity contribution in [2.45, 2.75) is 115 Å². The van der Waals surface area contributed by atoms with Gasteiger partial charge in [0.25, 0.3) is 0 Å². The highest BCUT2D eigenvalue weighted by Crippen LogP contribution is 2.29. The van der Waals surface area contributed by atoms with E-state index in [4.69, 9.17) is 0 Å². The largest absolute Gasteiger partial charge is 0.0996 e. The lowest BCUT2D eigenvalue weighted by Crippen LogP contribution is -2.10. The van der Waals surface area contributed by atoms with Crippen LogP contribution in [0.15, 0.2) is 35.4 Å². The van der Waals surface area contributed by atoms with Crippen LogP contribution in [0.25, 0.3) is 0 Å². The van der Waals surface area contributed by atoms with Crippen molar-refractivity contribution in [3.8, 4) is 0 Å². The average molecular weight is 387 g/mol. The first kappa shape index (κ1) is 28.9. The molecule has 0 atom stereocenters. The minimum absolute atomic E-state index is 0.356. The second-order valence-corrected chi connectivity index (χ2v) is 8.94. The van der Waals surface area contributed by atoms with Crippen LogP contribution in [0.2, 0.25) is 0 Å². The van der Waals surface area contributed by atoms with Crippen LogP contribution in [0.4, 0.5) is 0 Å². The molecule has 0 saturated carbocycles. The quantitative estimate of drug-likeness (QED) is 0.427. The molecule has 1 rings (SSSR count). The topological polar surface area (TPSA) is 0 Å². The van der Waals surface area contributed by atoms with E-state index in [1.165, 1.54) is 59.1 Å². The van der Waals surface area contributed by atoms with Crippen LogP contribution in [0.1, 0.15) is 110 Å². The molecule has 1 aromatic carbocycles. The van der Waals surface area contributed by atoms with Gasteiger partial charge in [0.2, 0.25) is 0 Å². The third-order valence-corrected chi connectivity index (χ3v) is 5.92. The maximum absolute atomic E-state index is 3.95. The highest BCUT2D eigenvalue weighted by atomic mass is 14.2. The van der Waals surface area contributed by atoms with E-state index in [1.807, 2.05) is 0 Å². The SMILES string of the molecule is C=C(C)C(C)(C)CCC.CCC(CC)=C(C)C.CCc1cc(C)c(C)cc1C. The Labute approximate surface area is 178 Å². The van der Waals surface area contributed by atoms with Gasteiger partial charge in [-0.15, -0.1) is 0 Å². The van der Waals surface area contributed by atoms with E-state index in [9.17, 15) is 0 Å². The van der Waals surface area contributed by atoms with Crippen molar-refractivity contribution in [2.75, 3.05) is 0 Å². The summed E-state index contributed by atoms with van der Waals surface area (Å²) >= 11 is 0. The average Bonchev–Trinajstić information content (AvgIpc) is 2.60. The van der Waals surface area contributed by atoms with Gasteiger partial charge in [-0.25, -0.2) is 0 Å². The Hall–Kier alpha value is -1.30. The molecule has 0 spiro atoms. The molecule has 0 unspecified atom stereocenters. The van der Waals surface area contributed by atoms with E-state index in [1.54, 1.807) is 5.57 Å². The van der Waals surface area contributed by atoms with Crippen molar-refractivity contribution in [3.63, 3.8) is 0 Å². The van der Waals surface area contributed by atoms with E-state index in [2.05, 4.69) is 102 Å². The van der Waals surface area contributed by atoms with Crippen molar-refractivity contribution in [1.82, 2.24) is 0 Å². The first-order chi connectivity index (χ1) is 12.9.